The highest BCUT2D eigenvalue weighted by Crippen LogP contribution is 2.32. The summed E-state index contributed by atoms with van der Waals surface area (Å²) in [6, 6.07) is 17.5. The van der Waals surface area contributed by atoms with Crippen LogP contribution in [-0.4, -0.2) is 43.0 Å². The number of hydrogen-bond acceptors (Lipinski definition) is 3. The normalized spacial score (nSPS) is 19.5. The number of nitrogens with zero attached hydrogens (tertiary/aromatic N) is 2. The molecule has 1 saturated heterocycles. The van der Waals surface area contributed by atoms with Crippen molar-refractivity contribution in [1.29, 1.82) is 0 Å². The van der Waals surface area contributed by atoms with E-state index in [1.54, 1.807) is 9.80 Å². The molecular weight excluding hydrogens is 316 g/mol. The Morgan fingerprint density at radius 2 is 1.84 bits per heavy atom. The van der Waals surface area contributed by atoms with Gasteiger partial charge in [0.2, 0.25) is 11.8 Å². The van der Waals surface area contributed by atoms with Crippen LogP contribution in [0.2, 0.25) is 0 Å². The number of carbonyl (C=O) groups excluding carboxylic acids is 2. The lowest BCUT2D eigenvalue weighted by Crippen LogP contribution is -2.44. The molecule has 0 bridgehead atoms. The van der Waals surface area contributed by atoms with Crippen LogP contribution in [-0.2, 0) is 9.59 Å². The summed E-state index contributed by atoms with van der Waals surface area (Å²) < 4.78 is 5.60. The number of hydrogen-bond donors (Lipinski definition) is 0. The standard InChI is InChI=1S/C20H20N2O3/c23-19-12-16(15-6-2-1-3-7-15)13-21(19)14-20(24)22-10-11-25-18-9-5-4-8-17(18)22/h1-9,16H,10-14H2. The summed E-state index contributed by atoms with van der Waals surface area (Å²) in [7, 11) is 0. The van der Waals surface area contributed by atoms with E-state index in [4.69, 9.17) is 4.74 Å². The highest BCUT2D eigenvalue weighted by atomic mass is 16.5. The van der Waals surface area contributed by atoms with Crippen molar-refractivity contribution in [2.75, 3.05) is 31.1 Å². The van der Waals surface area contributed by atoms with Crippen LogP contribution < -0.4 is 9.64 Å². The van der Waals surface area contributed by atoms with Gasteiger partial charge in [0.05, 0.1) is 12.2 Å². The quantitative estimate of drug-likeness (QED) is 0.865. The van der Waals surface area contributed by atoms with E-state index in [-0.39, 0.29) is 24.3 Å². The van der Waals surface area contributed by atoms with Gasteiger partial charge in [-0.1, -0.05) is 42.5 Å². The third-order valence-corrected chi connectivity index (χ3v) is 4.84. The lowest BCUT2D eigenvalue weighted by atomic mass is 9.99. The first-order chi connectivity index (χ1) is 12.2. The van der Waals surface area contributed by atoms with Crippen molar-refractivity contribution in [1.82, 2.24) is 4.90 Å². The molecule has 1 fully saturated rings. The van der Waals surface area contributed by atoms with Gasteiger partial charge in [0, 0.05) is 18.9 Å². The topological polar surface area (TPSA) is 49.9 Å². The molecule has 0 N–H and O–H groups in total. The molecule has 0 spiro atoms. The Hall–Kier alpha value is -2.82. The lowest BCUT2D eigenvalue weighted by Gasteiger charge is -2.30. The van der Waals surface area contributed by atoms with E-state index < -0.39 is 0 Å². The Labute approximate surface area is 146 Å². The van der Waals surface area contributed by atoms with Gasteiger partial charge in [-0.05, 0) is 17.7 Å². The minimum atomic E-state index is -0.0576. The third kappa shape index (κ3) is 3.09. The molecule has 25 heavy (non-hydrogen) atoms. The lowest BCUT2D eigenvalue weighted by molar-refractivity contribution is -0.132. The Morgan fingerprint density at radius 3 is 2.68 bits per heavy atom. The number of para-hydroxylation sites is 2. The minimum absolute atomic E-state index is 0.0451. The smallest absolute Gasteiger partial charge is 0.246 e. The summed E-state index contributed by atoms with van der Waals surface area (Å²) in [6.07, 6.45) is 0.469. The largest absolute Gasteiger partial charge is 0.490 e. The molecule has 2 aromatic rings. The Kier molecular flexibility index (Phi) is 4.14. The van der Waals surface area contributed by atoms with Crippen LogP contribution in [0, 0.1) is 0 Å². The van der Waals surface area contributed by atoms with Gasteiger partial charge < -0.3 is 14.5 Å². The molecule has 5 nitrogen and oxygen atoms in total. The first kappa shape index (κ1) is 15.7. The van der Waals surface area contributed by atoms with Gasteiger partial charge >= 0.3 is 0 Å². The summed E-state index contributed by atoms with van der Waals surface area (Å²) in [4.78, 5) is 28.5. The van der Waals surface area contributed by atoms with Crippen molar-refractivity contribution in [3.63, 3.8) is 0 Å². The molecule has 0 aromatic heterocycles. The van der Waals surface area contributed by atoms with Crippen molar-refractivity contribution in [3.05, 3.63) is 60.2 Å². The van der Waals surface area contributed by atoms with Gasteiger partial charge in [-0.15, -0.1) is 0 Å². The monoisotopic (exact) mass is 336 g/mol. The van der Waals surface area contributed by atoms with Crippen LogP contribution >= 0.6 is 0 Å². The van der Waals surface area contributed by atoms with E-state index in [0.29, 0.717) is 26.1 Å². The van der Waals surface area contributed by atoms with Crippen molar-refractivity contribution < 1.29 is 14.3 Å². The zero-order valence-corrected chi connectivity index (χ0v) is 13.9. The number of ether oxygens (including phenoxy) is 1. The molecule has 2 heterocycles. The fraction of sp³-hybridized carbons (Fsp3) is 0.300. The molecular formula is C20H20N2O3. The molecule has 1 atom stereocenters. The predicted molar refractivity (Wildman–Crippen MR) is 94.7 cm³/mol. The second-order valence-corrected chi connectivity index (χ2v) is 6.45. The van der Waals surface area contributed by atoms with Gasteiger partial charge in [-0.3, -0.25) is 9.59 Å². The van der Waals surface area contributed by atoms with Crippen molar-refractivity contribution >= 4 is 17.5 Å². The molecule has 128 valence electrons. The Balaban J connectivity index is 1.46. The summed E-state index contributed by atoms with van der Waals surface area (Å²) in [5.74, 6) is 0.872. The summed E-state index contributed by atoms with van der Waals surface area (Å²) in [5, 5.41) is 0. The SMILES string of the molecule is O=C1CC(c2ccccc2)CN1CC(=O)N1CCOc2ccccc21. The third-order valence-electron chi connectivity index (χ3n) is 4.84. The molecule has 2 aliphatic heterocycles. The molecule has 0 radical (unpaired) electrons. The average Bonchev–Trinajstić information content (AvgIpc) is 3.02. The van der Waals surface area contributed by atoms with Gasteiger partial charge in [0.25, 0.3) is 0 Å². The van der Waals surface area contributed by atoms with Crippen molar-refractivity contribution in [2.24, 2.45) is 0 Å². The van der Waals surface area contributed by atoms with Gasteiger partial charge in [-0.25, -0.2) is 0 Å². The number of likely N-dealkylation sites (tertiary alicyclic amines) is 1. The molecule has 2 aromatic carbocycles. The Morgan fingerprint density at radius 1 is 1.08 bits per heavy atom. The summed E-state index contributed by atoms with van der Waals surface area (Å²) in [5.41, 5.74) is 1.94. The molecule has 1 unspecified atom stereocenters. The van der Waals surface area contributed by atoms with Crippen molar-refractivity contribution in [2.45, 2.75) is 12.3 Å². The number of fused-ring (bicyclic) bond motifs is 1. The van der Waals surface area contributed by atoms with Gasteiger partial charge in [-0.2, -0.15) is 0 Å². The van der Waals surface area contributed by atoms with E-state index in [9.17, 15) is 9.59 Å². The van der Waals surface area contributed by atoms with E-state index in [2.05, 4.69) is 0 Å². The molecule has 0 aliphatic carbocycles. The van der Waals surface area contributed by atoms with Crippen LogP contribution in [0.15, 0.2) is 54.6 Å². The number of amides is 2. The fourth-order valence-electron chi connectivity index (χ4n) is 3.55. The number of benzene rings is 2. The van der Waals surface area contributed by atoms with Crippen LogP contribution in [0.4, 0.5) is 5.69 Å². The highest BCUT2D eigenvalue weighted by Gasteiger charge is 2.33. The molecule has 4 rings (SSSR count). The minimum Gasteiger partial charge on any atom is -0.490 e. The maximum atomic E-state index is 12.8. The maximum Gasteiger partial charge on any atom is 0.246 e. The van der Waals surface area contributed by atoms with E-state index in [0.717, 1.165) is 17.0 Å². The van der Waals surface area contributed by atoms with Crippen LogP contribution in [0.25, 0.3) is 0 Å². The van der Waals surface area contributed by atoms with E-state index in [1.165, 1.54) is 0 Å². The fourth-order valence-corrected chi connectivity index (χ4v) is 3.55. The zero-order chi connectivity index (χ0) is 17.2. The molecule has 5 heteroatoms. The first-order valence-electron chi connectivity index (χ1n) is 8.57. The van der Waals surface area contributed by atoms with Crippen LogP contribution in [0.5, 0.6) is 5.75 Å². The number of anilines is 1. The van der Waals surface area contributed by atoms with Gasteiger partial charge in [0.1, 0.15) is 18.9 Å². The second-order valence-electron chi connectivity index (χ2n) is 6.45. The zero-order valence-electron chi connectivity index (χ0n) is 13.9. The first-order valence-corrected chi connectivity index (χ1v) is 8.57. The number of carbonyl (C=O) groups is 2. The van der Waals surface area contributed by atoms with Crippen LogP contribution in [0.3, 0.4) is 0 Å². The molecule has 0 saturated carbocycles. The van der Waals surface area contributed by atoms with E-state index in [1.807, 2.05) is 54.6 Å². The second kappa shape index (κ2) is 6.59. The predicted octanol–water partition coefficient (Wildman–Crippen LogP) is 2.43. The van der Waals surface area contributed by atoms with Crippen molar-refractivity contribution in [3.8, 4) is 5.75 Å². The Bertz CT molecular complexity index is 791. The summed E-state index contributed by atoms with van der Waals surface area (Å²) in [6.45, 7) is 1.71. The molecule has 2 amide bonds. The summed E-state index contributed by atoms with van der Waals surface area (Å²) >= 11 is 0. The maximum absolute atomic E-state index is 12.8. The van der Waals surface area contributed by atoms with Gasteiger partial charge in [0.15, 0.2) is 0 Å². The number of rotatable bonds is 3. The highest BCUT2D eigenvalue weighted by molar-refractivity contribution is 5.98. The van der Waals surface area contributed by atoms with E-state index >= 15 is 0 Å². The molecule has 2 aliphatic rings. The average molecular weight is 336 g/mol. The van der Waals surface area contributed by atoms with Crippen LogP contribution in [0.1, 0.15) is 17.9 Å².